The van der Waals surface area contributed by atoms with Gasteiger partial charge in [0.1, 0.15) is 5.60 Å². The number of halogens is 1. The summed E-state index contributed by atoms with van der Waals surface area (Å²) in [6.45, 7) is 14.8. The molecular weight excluding hydrogens is 443 g/mol. The molecule has 0 aliphatic carbocycles. The summed E-state index contributed by atoms with van der Waals surface area (Å²) in [6.07, 6.45) is 3.17. The van der Waals surface area contributed by atoms with Crippen molar-refractivity contribution in [3.05, 3.63) is 0 Å². The van der Waals surface area contributed by atoms with Gasteiger partial charge < -0.3 is 19.9 Å². The standard InChI is InChI=1S/C19H36N4O2.HI/c1-18(2,3)25-17(24)22-10-7-8-15(13-22)12-21-16(20-6)23-11-9-19(4,5)14-23;/h15H,7-14H2,1-6H3,(H,20,21);1H. The number of carbonyl (C=O) groups excluding carboxylic acids is 1. The maximum absolute atomic E-state index is 12.3. The number of rotatable bonds is 2. The molecule has 1 N–H and O–H groups in total. The Balaban J connectivity index is 0.00000338. The molecule has 0 aromatic rings. The van der Waals surface area contributed by atoms with Gasteiger partial charge in [0.15, 0.2) is 5.96 Å². The first-order valence-electron chi connectivity index (χ1n) is 9.53. The van der Waals surface area contributed by atoms with Gasteiger partial charge in [-0.2, -0.15) is 0 Å². The lowest BCUT2D eigenvalue weighted by Gasteiger charge is -2.34. The quantitative estimate of drug-likeness (QED) is 0.373. The Labute approximate surface area is 176 Å². The van der Waals surface area contributed by atoms with Gasteiger partial charge in [-0.05, 0) is 51.4 Å². The largest absolute Gasteiger partial charge is 0.444 e. The SMILES string of the molecule is CN=C(NCC1CCCN(C(=O)OC(C)(C)C)C1)N1CCC(C)(C)C1.I. The number of ether oxygens (including phenoxy) is 1. The molecule has 6 nitrogen and oxygen atoms in total. The van der Waals surface area contributed by atoms with Crippen LogP contribution in [-0.2, 0) is 4.74 Å². The maximum atomic E-state index is 12.3. The van der Waals surface area contributed by atoms with Crippen molar-refractivity contribution in [2.75, 3.05) is 39.8 Å². The Morgan fingerprint density at radius 2 is 1.96 bits per heavy atom. The highest BCUT2D eigenvalue weighted by Gasteiger charge is 2.32. The van der Waals surface area contributed by atoms with Crippen molar-refractivity contribution in [3.63, 3.8) is 0 Å². The molecule has 0 aromatic heterocycles. The van der Waals surface area contributed by atoms with E-state index < -0.39 is 5.60 Å². The summed E-state index contributed by atoms with van der Waals surface area (Å²) < 4.78 is 5.51. The molecule has 26 heavy (non-hydrogen) atoms. The minimum atomic E-state index is -0.438. The molecule has 2 saturated heterocycles. The molecule has 0 aromatic carbocycles. The fourth-order valence-corrected chi connectivity index (χ4v) is 3.59. The van der Waals surface area contributed by atoms with Crippen molar-refractivity contribution in [1.82, 2.24) is 15.1 Å². The Morgan fingerprint density at radius 3 is 2.50 bits per heavy atom. The molecule has 2 fully saturated rings. The first-order valence-corrected chi connectivity index (χ1v) is 9.53. The van der Waals surface area contributed by atoms with Crippen molar-refractivity contribution in [3.8, 4) is 0 Å². The number of nitrogens with one attached hydrogen (secondary N) is 1. The number of aliphatic imine (C=N–C) groups is 1. The first-order chi connectivity index (χ1) is 11.6. The summed E-state index contributed by atoms with van der Waals surface area (Å²) in [5, 5.41) is 3.52. The van der Waals surface area contributed by atoms with Gasteiger partial charge in [-0.15, -0.1) is 24.0 Å². The average Bonchev–Trinajstić information content (AvgIpc) is 2.86. The number of guanidine groups is 1. The van der Waals surface area contributed by atoms with Crippen LogP contribution in [0.3, 0.4) is 0 Å². The number of nitrogens with zero attached hydrogens (tertiary/aromatic N) is 3. The van der Waals surface area contributed by atoms with Crippen LogP contribution < -0.4 is 5.32 Å². The van der Waals surface area contributed by atoms with E-state index in [1.165, 1.54) is 6.42 Å². The summed E-state index contributed by atoms with van der Waals surface area (Å²) in [4.78, 5) is 20.9. The lowest BCUT2D eigenvalue weighted by molar-refractivity contribution is 0.0168. The second kappa shape index (κ2) is 9.46. The summed E-state index contributed by atoms with van der Waals surface area (Å²) >= 11 is 0. The molecule has 2 aliphatic heterocycles. The zero-order valence-corrected chi connectivity index (χ0v) is 19.6. The third kappa shape index (κ3) is 7.12. The van der Waals surface area contributed by atoms with Crippen LogP contribution in [0.5, 0.6) is 0 Å². The fourth-order valence-electron chi connectivity index (χ4n) is 3.59. The van der Waals surface area contributed by atoms with Crippen LogP contribution in [-0.4, -0.2) is 67.2 Å². The van der Waals surface area contributed by atoms with E-state index in [-0.39, 0.29) is 30.1 Å². The Hall–Kier alpha value is -0.730. The summed E-state index contributed by atoms with van der Waals surface area (Å²) in [5.41, 5.74) is -0.0805. The van der Waals surface area contributed by atoms with Gasteiger partial charge in [0.2, 0.25) is 0 Å². The third-order valence-electron chi connectivity index (χ3n) is 4.91. The Kier molecular flexibility index (Phi) is 8.48. The van der Waals surface area contributed by atoms with Gasteiger partial charge in [0.05, 0.1) is 0 Å². The van der Waals surface area contributed by atoms with E-state index in [2.05, 4.69) is 29.1 Å². The van der Waals surface area contributed by atoms with E-state index in [0.717, 1.165) is 51.5 Å². The smallest absolute Gasteiger partial charge is 0.410 e. The molecule has 0 spiro atoms. The van der Waals surface area contributed by atoms with Crippen LogP contribution in [0.1, 0.15) is 53.9 Å². The van der Waals surface area contributed by atoms with Crippen LogP contribution in [0.4, 0.5) is 4.79 Å². The number of piperidine rings is 1. The molecule has 2 heterocycles. The fraction of sp³-hybridized carbons (Fsp3) is 0.895. The van der Waals surface area contributed by atoms with Crippen molar-refractivity contribution in [2.45, 2.75) is 59.5 Å². The van der Waals surface area contributed by atoms with Crippen LogP contribution in [0.15, 0.2) is 4.99 Å². The monoisotopic (exact) mass is 480 g/mol. The highest BCUT2D eigenvalue weighted by molar-refractivity contribution is 14.0. The number of hydrogen-bond donors (Lipinski definition) is 1. The molecular formula is C19H37IN4O2. The van der Waals surface area contributed by atoms with Crippen molar-refractivity contribution in [2.24, 2.45) is 16.3 Å². The normalized spacial score (nSPS) is 23.5. The van der Waals surface area contributed by atoms with Crippen LogP contribution in [0.2, 0.25) is 0 Å². The third-order valence-corrected chi connectivity index (χ3v) is 4.91. The lowest BCUT2D eigenvalue weighted by Crippen LogP contribution is -2.47. The van der Waals surface area contributed by atoms with E-state index in [4.69, 9.17) is 4.74 Å². The molecule has 1 unspecified atom stereocenters. The van der Waals surface area contributed by atoms with E-state index in [9.17, 15) is 4.79 Å². The van der Waals surface area contributed by atoms with Gasteiger partial charge in [0.25, 0.3) is 0 Å². The Morgan fingerprint density at radius 1 is 1.27 bits per heavy atom. The van der Waals surface area contributed by atoms with Crippen LogP contribution in [0.25, 0.3) is 0 Å². The summed E-state index contributed by atoms with van der Waals surface area (Å²) in [6, 6.07) is 0. The topological polar surface area (TPSA) is 57.2 Å². The second-order valence-electron chi connectivity index (χ2n) is 9.20. The molecule has 1 amide bonds. The molecule has 1 atom stereocenters. The highest BCUT2D eigenvalue weighted by atomic mass is 127. The Bertz CT molecular complexity index is 502. The predicted molar refractivity (Wildman–Crippen MR) is 117 cm³/mol. The minimum absolute atomic E-state index is 0. The van der Waals surface area contributed by atoms with Gasteiger partial charge in [-0.25, -0.2) is 4.79 Å². The molecule has 0 saturated carbocycles. The molecule has 2 rings (SSSR count). The van der Waals surface area contributed by atoms with Gasteiger partial charge in [-0.3, -0.25) is 4.99 Å². The molecule has 152 valence electrons. The molecule has 0 bridgehead atoms. The van der Waals surface area contributed by atoms with E-state index in [0.29, 0.717) is 11.3 Å². The zero-order valence-electron chi connectivity index (χ0n) is 17.3. The van der Waals surface area contributed by atoms with Crippen molar-refractivity contribution < 1.29 is 9.53 Å². The summed E-state index contributed by atoms with van der Waals surface area (Å²) in [5.74, 6) is 1.42. The number of hydrogen-bond acceptors (Lipinski definition) is 3. The maximum Gasteiger partial charge on any atom is 0.410 e. The van der Waals surface area contributed by atoms with Crippen LogP contribution >= 0.6 is 24.0 Å². The van der Waals surface area contributed by atoms with Crippen LogP contribution in [0, 0.1) is 11.3 Å². The zero-order chi connectivity index (χ0) is 18.7. The van der Waals surface area contributed by atoms with Gasteiger partial charge in [0, 0.05) is 39.8 Å². The van der Waals surface area contributed by atoms with E-state index in [1.54, 1.807) is 0 Å². The van der Waals surface area contributed by atoms with Crippen molar-refractivity contribution in [1.29, 1.82) is 0 Å². The first kappa shape index (κ1) is 23.3. The van der Waals surface area contributed by atoms with Gasteiger partial charge in [-0.1, -0.05) is 13.8 Å². The molecule has 7 heteroatoms. The number of amides is 1. The van der Waals surface area contributed by atoms with Gasteiger partial charge >= 0.3 is 6.09 Å². The second-order valence-corrected chi connectivity index (χ2v) is 9.20. The lowest BCUT2D eigenvalue weighted by atomic mass is 9.93. The highest BCUT2D eigenvalue weighted by Crippen LogP contribution is 2.28. The average molecular weight is 480 g/mol. The van der Waals surface area contributed by atoms with Crippen molar-refractivity contribution >= 4 is 36.0 Å². The molecule has 2 aliphatic rings. The van der Waals surface area contributed by atoms with E-state index >= 15 is 0 Å². The summed E-state index contributed by atoms with van der Waals surface area (Å²) in [7, 11) is 1.85. The predicted octanol–water partition coefficient (Wildman–Crippen LogP) is 3.56. The number of likely N-dealkylation sites (tertiary alicyclic amines) is 2. The number of carbonyl (C=O) groups is 1. The van der Waals surface area contributed by atoms with E-state index in [1.807, 2.05) is 32.7 Å². The molecule has 0 radical (unpaired) electrons. The minimum Gasteiger partial charge on any atom is -0.444 e.